The predicted octanol–water partition coefficient (Wildman–Crippen LogP) is 3.54. The molecule has 0 aliphatic rings. The molecule has 0 saturated heterocycles. The molecule has 0 fully saturated rings. The third-order valence-electron chi connectivity index (χ3n) is 3.54. The van der Waals surface area contributed by atoms with Gasteiger partial charge in [-0.3, -0.25) is 0 Å². The van der Waals surface area contributed by atoms with Gasteiger partial charge in [0.15, 0.2) is 0 Å². The maximum Gasteiger partial charge on any atom is 0.223 e. The quantitative estimate of drug-likeness (QED) is 0.878. The molecule has 0 aliphatic heterocycles. The first-order valence-electron chi connectivity index (χ1n) is 6.81. The highest BCUT2D eigenvalue weighted by atomic mass is 32.1. The second-order valence-electron chi connectivity index (χ2n) is 5.32. The molecular formula is C14H22N4S. The van der Waals surface area contributed by atoms with Crippen molar-refractivity contribution < 1.29 is 0 Å². The second-order valence-corrected chi connectivity index (χ2v) is 6.43. The van der Waals surface area contributed by atoms with Crippen LogP contribution in [0.3, 0.4) is 0 Å². The zero-order chi connectivity index (χ0) is 14.0. The lowest BCUT2D eigenvalue weighted by atomic mass is 9.98. The van der Waals surface area contributed by atoms with Gasteiger partial charge >= 0.3 is 0 Å². The largest absolute Gasteiger partial charge is 0.369 e. The maximum absolute atomic E-state index is 5.79. The van der Waals surface area contributed by atoms with E-state index in [-0.39, 0.29) is 0 Å². The lowest BCUT2D eigenvalue weighted by molar-refractivity contribution is 0.439. The van der Waals surface area contributed by atoms with E-state index in [9.17, 15) is 0 Å². The molecule has 19 heavy (non-hydrogen) atoms. The van der Waals surface area contributed by atoms with Gasteiger partial charge < -0.3 is 11.1 Å². The van der Waals surface area contributed by atoms with Gasteiger partial charge in [0.25, 0.3) is 0 Å². The zero-order valence-electron chi connectivity index (χ0n) is 12.0. The molecule has 1 unspecified atom stereocenters. The number of nitrogens with zero attached hydrogens (tertiary/aromatic N) is 2. The van der Waals surface area contributed by atoms with Gasteiger partial charge in [0.1, 0.15) is 10.6 Å². The summed E-state index contributed by atoms with van der Waals surface area (Å²) in [5.41, 5.74) is 5.79. The van der Waals surface area contributed by atoms with Gasteiger partial charge in [-0.2, -0.15) is 4.98 Å². The van der Waals surface area contributed by atoms with E-state index in [1.165, 1.54) is 4.88 Å². The summed E-state index contributed by atoms with van der Waals surface area (Å²) in [5.74, 6) is 2.45. The Morgan fingerprint density at radius 2 is 2.05 bits per heavy atom. The van der Waals surface area contributed by atoms with Crippen LogP contribution in [-0.2, 0) is 6.42 Å². The monoisotopic (exact) mass is 278 g/mol. The van der Waals surface area contributed by atoms with Crippen molar-refractivity contribution in [3.63, 3.8) is 0 Å². The van der Waals surface area contributed by atoms with Crippen molar-refractivity contribution >= 4 is 33.3 Å². The molecule has 0 aromatic carbocycles. The number of hydrogen-bond donors (Lipinski definition) is 2. The van der Waals surface area contributed by atoms with Crippen LogP contribution in [0.1, 0.15) is 32.6 Å². The van der Waals surface area contributed by atoms with E-state index in [4.69, 9.17) is 5.73 Å². The molecule has 5 heteroatoms. The SMILES string of the molecule is CCc1cc2c(NCC(C)C(C)C)nc(N)nc2s1. The fourth-order valence-corrected chi connectivity index (χ4v) is 2.76. The van der Waals surface area contributed by atoms with Crippen LogP contribution in [-0.4, -0.2) is 16.5 Å². The van der Waals surface area contributed by atoms with Crippen LogP contribution >= 0.6 is 11.3 Å². The smallest absolute Gasteiger partial charge is 0.223 e. The lowest BCUT2D eigenvalue weighted by Crippen LogP contribution is -2.17. The van der Waals surface area contributed by atoms with Gasteiger partial charge in [-0.1, -0.05) is 27.7 Å². The highest BCUT2D eigenvalue weighted by Crippen LogP contribution is 2.30. The number of hydrogen-bond acceptors (Lipinski definition) is 5. The summed E-state index contributed by atoms with van der Waals surface area (Å²) in [6.07, 6.45) is 1.02. The topological polar surface area (TPSA) is 63.8 Å². The summed E-state index contributed by atoms with van der Waals surface area (Å²) in [6, 6.07) is 2.17. The number of aromatic nitrogens is 2. The molecule has 2 rings (SSSR count). The van der Waals surface area contributed by atoms with E-state index in [0.29, 0.717) is 17.8 Å². The Balaban J connectivity index is 2.28. The van der Waals surface area contributed by atoms with Crippen LogP contribution in [0.5, 0.6) is 0 Å². The van der Waals surface area contributed by atoms with Gasteiger partial charge in [0.05, 0.1) is 5.39 Å². The van der Waals surface area contributed by atoms with Gasteiger partial charge in [-0.25, -0.2) is 4.98 Å². The first-order chi connectivity index (χ1) is 9.01. The maximum atomic E-state index is 5.79. The molecule has 4 nitrogen and oxygen atoms in total. The number of thiophene rings is 1. The molecular weight excluding hydrogens is 256 g/mol. The number of nitrogen functional groups attached to an aromatic ring is 1. The van der Waals surface area contributed by atoms with Gasteiger partial charge in [-0.15, -0.1) is 11.3 Å². The van der Waals surface area contributed by atoms with E-state index in [0.717, 1.165) is 29.0 Å². The molecule has 3 N–H and O–H groups in total. The first kappa shape index (κ1) is 14.1. The summed E-state index contributed by atoms with van der Waals surface area (Å²) in [6.45, 7) is 9.76. The van der Waals surface area contributed by atoms with Crippen LogP contribution in [0, 0.1) is 11.8 Å². The molecule has 0 radical (unpaired) electrons. The molecule has 0 amide bonds. The van der Waals surface area contributed by atoms with Crippen molar-refractivity contribution in [2.75, 3.05) is 17.6 Å². The summed E-state index contributed by atoms with van der Waals surface area (Å²) in [5, 5.41) is 4.51. The summed E-state index contributed by atoms with van der Waals surface area (Å²) >= 11 is 1.70. The normalized spacial score (nSPS) is 13.1. The number of aryl methyl sites for hydroxylation is 1. The highest BCUT2D eigenvalue weighted by Gasteiger charge is 2.12. The number of anilines is 2. The molecule has 1 atom stereocenters. The molecule has 0 bridgehead atoms. The first-order valence-corrected chi connectivity index (χ1v) is 7.62. The van der Waals surface area contributed by atoms with E-state index >= 15 is 0 Å². The van der Waals surface area contributed by atoms with Gasteiger partial charge in [0, 0.05) is 11.4 Å². The summed E-state index contributed by atoms with van der Waals surface area (Å²) in [7, 11) is 0. The Morgan fingerprint density at radius 3 is 2.68 bits per heavy atom. The molecule has 104 valence electrons. The molecule has 2 heterocycles. The average molecular weight is 278 g/mol. The Labute approximate surface area is 118 Å². The Bertz CT molecular complexity index is 562. The Kier molecular flexibility index (Phi) is 4.24. The number of rotatable bonds is 5. The molecule has 0 aliphatic carbocycles. The zero-order valence-corrected chi connectivity index (χ0v) is 12.8. The molecule has 0 spiro atoms. The Hall–Kier alpha value is -1.36. The fourth-order valence-electron chi connectivity index (χ4n) is 1.79. The molecule has 0 saturated carbocycles. The van der Waals surface area contributed by atoms with Crippen LogP contribution in [0.2, 0.25) is 0 Å². The minimum atomic E-state index is 0.344. The van der Waals surface area contributed by atoms with Crippen molar-refractivity contribution in [3.8, 4) is 0 Å². The third-order valence-corrected chi connectivity index (χ3v) is 4.71. The lowest BCUT2D eigenvalue weighted by Gasteiger charge is -2.16. The van der Waals surface area contributed by atoms with Gasteiger partial charge in [-0.05, 0) is 24.3 Å². The second kappa shape index (κ2) is 5.74. The van der Waals surface area contributed by atoms with E-state index in [1.807, 2.05) is 0 Å². The van der Waals surface area contributed by atoms with Crippen molar-refractivity contribution in [3.05, 3.63) is 10.9 Å². The Morgan fingerprint density at radius 1 is 1.32 bits per heavy atom. The number of fused-ring (bicyclic) bond motifs is 1. The van der Waals surface area contributed by atoms with Gasteiger partial charge in [0.2, 0.25) is 5.95 Å². The number of nitrogens with one attached hydrogen (secondary N) is 1. The molecule has 2 aromatic rings. The van der Waals surface area contributed by atoms with Crippen LogP contribution in [0.15, 0.2) is 6.07 Å². The average Bonchev–Trinajstić information content (AvgIpc) is 2.78. The van der Waals surface area contributed by atoms with Crippen molar-refractivity contribution in [2.45, 2.75) is 34.1 Å². The van der Waals surface area contributed by atoms with Crippen molar-refractivity contribution in [2.24, 2.45) is 11.8 Å². The molecule has 2 aromatic heterocycles. The van der Waals surface area contributed by atoms with Crippen molar-refractivity contribution in [1.29, 1.82) is 0 Å². The van der Waals surface area contributed by atoms with E-state index in [2.05, 4.69) is 49.0 Å². The third kappa shape index (κ3) is 3.15. The van der Waals surface area contributed by atoms with E-state index < -0.39 is 0 Å². The van der Waals surface area contributed by atoms with Crippen LogP contribution < -0.4 is 11.1 Å². The van der Waals surface area contributed by atoms with Crippen LogP contribution in [0.4, 0.5) is 11.8 Å². The number of nitrogens with two attached hydrogens (primary N) is 1. The minimum absolute atomic E-state index is 0.344. The highest BCUT2D eigenvalue weighted by molar-refractivity contribution is 7.18. The fraction of sp³-hybridized carbons (Fsp3) is 0.571. The van der Waals surface area contributed by atoms with Crippen molar-refractivity contribution in [1.82, 2.24) is 9.97 Å². The van der Waals surface area contributed by atoms with Crippen LogP contribution in [0.25, 0.3) is 10.2 Å². The predicted molar refractivity (Wildman–Crippen MR) is 83.7 cm³/mol. The standard InChI is InChI=1S/C14H22N4S/c1-5-10-6-11-12(16-7-9(4)8(2)3)17-14(15)18-13(11)19-10/h6,8-9H,5,7H2,1-4H3,(H3,15,16,17,18). The summed E-state index contributed by atoms with van der Waals surface area (Å²) in [4.78, 5) is 10.9. The van der Waals surface area contributed by atoms with E-state index in [1.54, 1.807) is 11.3 Å². The minimum Gasteiger partial charge on any atom is -0.369 e. The summed E-state index contributed by atoms with van der Waals surface area (Å²) < 4.78 is 0.